The van der Waals surface area contributed by atoms with Gasteiger partial charge in [-0.2, -0.15) is 0 Å². The van der Waals surface area contributed by atoms with E-state index in [1.165, 1.54) is 12.1 Å². The molecule has 1 N–H and O–H groups in total. The third-order valence-corrected chi connectivity index (χ3v) is 2.81. The van der Waals surface area contributed by atoms with Crippen LogP contribution in [-0.2, 0) is 16.6 Å². The number of rotatable bonds is 3. The van der Waals surface area contributed by atoms with Gasteiger partial charge in [0.05, 0.1) is 6.61 Å². The normalized spacial score (nSPS) is 12.7. The molecule has 1 heterocycles. The summed E-state index contributed by atoms with van der Waals surface area (Å²) in [6, 6.07) is 4.53. The standard InChI is InChI=1S/C13H14FNO3/c1-3-18-13(17)12(16)9-7-11-8(6-10(9)14)4-5-15(11)2/h4-7,12,16H,3H2,1-2H3. The number of aliphatic hydroxyl groups excluding tert-OH is 1. The Morgan fingerprint density at radius 1 is 1.56 bits per heavy atom. The van der Waals surface area contributed by atoms with Gasteiger partial charge in [-0.3, -0.25) is 0 Å². The molecule has 4 nitrogen and oxygen atoms in total. The number of nitrogens with zero attached hydrogens (tertiary/aromatic N) is 1. The van der Waals surface area contributed by atoms with E-state index in [2.05, 4.69) is 4.74 Å². The quantitative estimate of drug-likeness (QED) is 0.848. The molecule has 0 aliphatic carbocycles. The summed E-state index contributed by atoms with van der Waals surface area (Å²) < 4.78 is 20.3. The smallest absolute Gasteiger partial charge is 0.339 e. The number of hydrogen-bond acceptors (Lipinski definition) is 3. The molecule has 0 spiro atoms. The maximum Gasteiger partial charge on any atom is 0.339 e. The third kappa shape index (κ3) is 2.09. The fraction of sp³-hybridized carbons (Fsp3) is 0.308. The van der Waals surface area contributed by atoms with Crippen LogP contribution in [0.2, 0.25) is 0 Å². The summed E-state index contributed by atoms with van der Waals surface area (Å²) in [4.78, 5) is 11.4. The van der Waals surface area contributed by atoms with Crippen molar-refractivity contribution in [1.29, 1.82) is 0 Å². The predicted octanol–water partition coefficient (Wildman–Crippen LogP) is 1.91. The number of aromatic nitrogens is 1. The van der Waals surface area contributed by atoms with E-state index in [0.29, 0.717) is 0 Å². The molecule has 1 atom stereocenters. The zero-order chi connectivity index (χ0) is 13.3. The number of halogens is 1. The van der Waals surface area contributed by atoms with Crippen LogP contribution in [0.5, 0.6) is 0 Å². The molecule has 1 aromatic carbocycles. The van der Waals surface area contributed by atoms with Crippen LogP contribution in [0.4, 0.5) is 4.39 Å². The van der Waals surface area contributed by atoms with Gasteiger partial charge in [0.2, 0.25) is 0 Å². The summed E-state index contributed by atoms with van der Waals surface area (Å²) in [5, 5.41) is 10.5. The summed E-state index contributed by atoms with van der Waals surface area (Å²) in [5.41, 5.74) is 0.678. The van der Waals surface area contributed by atoms with Crippen molar-refractivity contribution < 1.29 is 19.0 Å². The Morgan fingerprint density at radius 2 is 2.28 bits per heavy atom. The first-order chi connectivity index (χ1) is 8.54. The molecule has 2 rings (SSSR count). The van der Waals surface area contributed by atoms with Crippen LogP contribution in [-0.4, -0.2) is 22.2 Å². The van der Waals surface area contributed by atoms with Crippen LogP contribution < -0.4 is 0 Å². The van der Waals surface area contributed by atoms with Crippen LogP contribution in [0, 0.1) is 5.82 Å². The lowest BCUT2D eigenvalue weighted by molar-refractivity contribution is -0.153. The number of carbonyl (C=O) groups is 1. The summed E-state index contributed by atoms with van der Waals surface area (Å²) in [7, 11) is 1.81. The number of aliphatic hydroxyl groups is 1. The second-order valence-corrected chi connectivity index (χ2v) is 4.01. The fourth-order valence-corrected chi connectivity index (χ4v) is 1.86. The highest BCUT2D eigenvalue weighted by Gasteiger charge is 2.23. The molecule has 0 amide bonds. The zero-order valence-electron chi connectivity index (χ0n) is 10.2. The lowest BCUT2D eigenvalue weighted by Gasteiger charge is -2.11. The van der Waals surface area contributed by atoms with Crippen LogP contribution in [0.15, 0.2) is 24.4 Å². The van der Waals surface area contributed by atoms with Crippen LogP contribution >= 0.6 is 0 Å². The summed E-state index contributed by atoms with van der Waals surface area (Å²) in [6.45, 7) is 1.77. The molecule has 96 valence electrons. The van der Waals surface area contributed by atoms with Gasteiger partial charge in [0.25, 0.3) is 0 Å². The van der Waals surface area contributed by atoms with Gasteiger partial charge >= 0.3 is 5.97 Å². The van der Waals surface area contributed by atoms with Crippen LogP contribution in [0.1, 0.15) is 18.6 Å². The van der Waals surface area contributed by atoms with Gasteiger partial charge in [0, 0.05) is 29.7 Å². The van der Waals surface area contributed by atoms with Gasteiger partial charge in [0.1, 0.15) is 5.82 Å². The van der Waals surface area contributed by atoms with E-state index in [4.69, 9.17) is 0 Å². The van der Waals surface area contributed by atoms with Crippen molar-refractivity contribution in [2.75, 3.05) is 6.61 Å². The van der Waals surface area contributed by atoms with Gasteiger partial charge in [0.15, 0.2) is 6.10 Å². The monoisotopic (exact) mass is 251 g/mol. The van der Waals surface area contributed by atoms with Crippen LogP contribution in [0.3, 0.4) is 0 Å². The molecule has 0 radical (unpaired) electrons. The Labute approximate surface area is 104 Å². The maximum atomic E-state index is 13.8. The van der Waals surface area contributed by atoms with Crippen molar-refractivity contribution in [3.05, 3.63) is 35.8 Å². The Hall–Kier alpha value is -1.88. The van der Waals surface area contributed by atoms with Gasteiger partial charge in [-0.05, 0) is 25.1 Å². The number of carbonyl (C=O) groups excluding carboxylic acids is 1. The Balaban J connectivity index is 2.46. The minimum absolute atomic E-state index is 0.0669. The van der Waals surface area contributed by atoms with E-state index in [1.807, 2.05) is 0 Å². The molecule has 0 saturated carbocycles. The molecule has 1 unspecified atom stereocenters. The second kappa shape index (κ2) is 4.78. The molecule has 18 heavy (non-hydrogen) atoms. The topological polar surface area (TPSA) is 51.5 Å². The Kier molecular flexibility index (Phi) is 3.34. The van der Waals surface area contributed by atoms with Gasteiger partial charge in [-0.25, -0.2) is 9.18 Å². The highest BCUT2D eigenvalue weighted by atomic mass is 19.1. The molecule has 1 aromatic heterocycles. The van der Waals surface area contributed by atoms with Crippen molar-refractivity contribution in [2.24, 2.45) is 7.05 Å². The van der Waals surface area contributed by atoms with E-state index in [1.54, 1.807) is 30.8 Å². The number of aryl methyl sites for hydroxylation is 1. The minimum atomic E-state index is -1.59. The summed E-state index contributed by atoms with van der Waals surface area (Å²) in [6.07, 6.45) is 0.189. The molecule has 0 aliphatic heterocycles. The molecule has 0 saturated heterocycles. The number of ether oxygens (including phenoxy) is 1. The molecular formula is C13H14FNO3. The van der Waals surface area contributed by atoms with E-state index < -0.39 is 17.9 Å². The molecular weight excluding hydrogens is 237 g/mol. The minimum Gasteiger partial charge on any atom is -0.464 e. The van der Waals surface area contributed by atoms with Crippen LogP contribution in [0.25, 0.3) is 10.9 Å². The van der Waals surface area contributed by atoms with Gasteiger partial charge in [-0.1, -0.05) is 0 Å². The molecule has 5 heteroatoms. The first-order valence-electron chi connectivity index (χ1n) is 5.63. The zero-order valence-corrected chi connectivity index (χ0v) is 10.2. The van der Waals surface area contributed by atoms with Crippen molar-refractivity contribution in [1.82, 2.24) is 4.57 Å². The van der Waals surface area contributed by atoms with E-state index >= 15 is 0 Å². The summed E-state index contributed by atoms with van der Waals surface area (Å²) >= 11 is 0. The maximum absolute atomic E-state index is 13.8. The predicted molar refractivity (Wildman–Crippen MR) is 64.5 cm³/mol. The highest BCUT2D eigenvalue weighted by molar-refractivity contribution is 5.83. The summed E-state index contributed by atoms with van der Waals surface area (Å²) in [5.74, 6) is -1.46. The lowest BCUT2D eigenvalue weighted by Crippen LogP contribution is -2.16. The molecule has 0 aliphatic rings. The average Bonchev–Trinajstić information content (AvgIpc) is 2.69. The SMILES string of the molecule is CCOC(=O)C(O)c1cc2c(ccn2C)cc1F. The van der Waals surface area contributed by atoms with E-state index in [9.17, 15) is 14.3 Å². The highest BCUT2D eigenvalue weighted by Crippen LogP contribution is 2.25. The largest absolute Gasteiger partial charge is 0.464 e. The van der Waals surface area contributed by atoms with Crippen molar-refractivity contribution in [2.45, 2.75) is 13.0 Å². The first kappa shape index (κ1) is 12.6. The second-order valence-electron chi connectivity index (χ2n) is 4.01. The van der Waals surface area contributed by atoms with Crippen molar-refractivity contribution in [3.63, 3.8) is 0 Å². The number of hydrogen-bond donors (Lipinski definition) is 1. The molecule has 0 fully saturated rings. The molecule has 0 bridgehead atoms. The molecule has 2 aromatic rings. The number of fused-ring (bicyclic) bond motifs is 1. The fourth-order valence-electron chi connectivity index (χ4n) is 1.86. The number of benzene rings is 1. The Bertz CT molecular complexity index is 591. The Morgan fingerprint density at radius 3 is 2.94 bits per heavy atom. The van der Waals surface area contributed by atoms with E-state index in [0.717, 1.165) is 10.9 Å². The number of esters is 1. The van der Waals surface area contributed by atoms with Gasteiger partial charge in [-0.15, -0.1) is 0 Å². The first-order valence-corrected chi connectivity index (χ1v) is 5.63. The average molecular weight is 251 g/mol. The lowest BCUT2D eigenvalue weighted by atomic mass is 10.1. The third-order valence-electron chi connectivity index (χ3n) is 2.81. The van der Waals surface area contributed by atoms with E-state index in [-0.39, 0.29) is 12.2 Å². The van der Waals surface area contributed by atoms with Crippen molar-refractivity contribution >= 4 is 16.9 Å². The van der Waals surface area contributed by atoms with Crippen molar-refractivity contribution in [3.8, 4) is 0 Å². The van der Waals surface area contributed by atoms with Gasteiger partial charge < -0.3 is 14.4 Å².